The summed E-state index contributed by atoms with van der Waals surface area (Å²) in [7, 11) is 0. The van der Waals surface area contributed by atoms with Crippen molar-refractivity contribution in [2.24, 2.45) is 11.8 Å². The number of hydrogen-bond acceptors (Lipinski definition) is 3. The number of likely N-dealkylation sites (tertiary alicyclic amines) is 1. The molecule has 3 atom stereocenters. The van der Waals surface area contributed by atoms with Gasteiger partial charge in [0.15, 0.2) is 0 Å². The lowest BCUT2D eigenvalue weighted by molar-refractivity contribution is -0.143. The van der Waals surface area contributed by atoms with E-state index in [1.165, 1.54) is 0 Å². The Morgan fingerprint density at radius 2 is 2.16 bits per heavy atom. The molecule has 2 fully saturated rings. The number of nitrogens with one attached hydrogen (secondary N) is 1. The Morgan fingerprint density at radius 3 is 2.79 bits per heavy atom. The summed E-state index contributed by atoms with van der Waals surface area (Å²) in [6.07, 6.45) is 2.53. The van der Waals surface area contributed by atoms with E-state index in [2.05, 4.69) is 5.32 Å². The fraction of sp³-hybridized carbons (Fsp3) is 0.846. The lowest BCUT2D eigenvalue weighted by atomic mass is 9.91. The molecule has 108 valence electrons. The van der Waals surface area contributed by atoms with Crippen molar-refractivity contribution in [3.05, 3.63) is 0 Å². The second kappa shape index (κ2) is 6.23. The van der Waals surface area contributed by atoms with Crippen molar-refractivity contribution >= 4 is 12.0 Å². The number of urea groups is 1. The average Bonchev–Trinajstić information content (AvgIpc) is 2.39. The second-order valence-corrected chi connectivity index (χ2v) is 5.64. The van der Waals surface area contributed by atoms with Gasteiger partial charge in [-0.3, -0.25) is 4.79 Å². The van der Waals surface area contributed by atoms with Crippen molar-refractivity contribution in [3.8, 4) is 0 Å². The van der Waals surface area contributed by atoms with E-state index in [4.69, 9.17) is 9.84 Å². The summed E-state index contributed by atoms with van der Waals surface area (Å²) in [6.45, 7) is 4.23. The minimum absolute atomic E-state index is 0.0572. The van der Waals surface area contributed by atoms with Gasteiger partial charge in [0.1, 0.15) is 0 Å². The largest absolute Gasteiger partial charge is 0.481 e. The molecule has 19 heavy (non-hydrogen) atoms. The van der Waals surface area contributed by atoms with Crippen LogP contribution in [0.5, 0.6) is 0 Å². The molecule has 0 aromatic carbocycles. The Bertz CT molecular complexity index is 342. The van der Waals surface area contributed by atoms with Crippen molar-refractivity contribution < 1.29 is 19.4 Å². The van der Waals surface area contributed by atoms with Gasteiger partial charge in [0.2, 0.25) is 0 Å². The summed E-state index contributed by atoms with van der Waals surface area (Å²) in [6, 6.07) is -0.102. The van der Waals surface area contributed by atoms with E-state index < -0.39 is 11.9 Å². The maximum atomic E-state index is 12.1. The predicted octanol–water partition coefficient (Wildman–Crippen LogP) is 0.918. The quantitative estimate of drug-likeness (QED) is 0.782. The first-order valence-electron chi connectivity index (χ1n) is 6.92. The maximum Gasteiger partial charge on any atom is 0.317 e. The third-order valence-corrected chi connectivity index (χ3v) is 3.78. The number of piperidine rings is 1. The molecule has 2 aliphatic heterocycles. The molecule has 0 spiro atoms. The van der Waals surface area contributed by atoms with E-state index >= 15 is 0 Å². The van der Waals surface area contributed by atoms with Gasteiger partial charge < -0.3 is 20.1 Å². The number of hydrogen-bond donors (Lipinski definition) is 2. The van der Waals surface area contributed by atoms with Crippen LogP contribution in [0.15, 0.2) is 0 Å². The van der Waals surface area contributed by atoms with Gasteiger partial charge in [-0.15, -0.1) is 0 Å². The van der Waals surface area contributed by atoms with Crippen LogP contribution in [0.3, 0.4) is 0 Å². The number of ether oxygens (including phenoxy) is 1. The fourth-order valence-electron chi connectivity index (χ4n) is 2.82. The van der Waals surface area contributed by atoms with Gasteiger partial charge in [-0.05, 0) is 25.2 Å². The summed E-state index contributed by atoms with van der Waals surface area (Å²) in [5.74, 6) is -1.04. The van der Waals surface area contributed by atoms with Crippen LogP contribution in [0.4, 0.5) is 4.79 Å². The number of carbonyl (C=O) groups is 2. The number of carboxylic acid groups (broad SMARTS) is 1. The number of aliphatic carboxylic acids is 1. The molecule has 0 aliphatic carbocycles. The van der Waals surface area contributed by atoms with E-state index in [0.29, 0.717) is 26.1 Å². The SMILES string of the molecule is CC1CC(C(=O)O)CN(C(=O)N[C@@H]2CCCOC2)C1. The topological polar surface area (TPSA) is 78.9 Å². The summed E-state index contributed by atoms with van der Waals surface area (Å²) in [5.41, 5.74) is 0. The molecular weight excluding hydrogens is 248 g/mol. The molecule has 2 saturated heterocycles. The van der Waals surface area contributed by atoms with E-state index in [1.54, 1.807) is 4.90 Å². The van der Waals surface area contributed by atoms with Crippen molar-refractivity contribution in [1.29, 1.82) is 0 Å². The van der Waals surface area contributed by atoms with Gasteiger partial charge in [-0.25, -0.2) is 4.79 Å². The third-order valence-electron chi connectivity index (χ3n) is 3.78. The first-order valence-corrected chi connectivity index (χ1v) is 6.92. The Labute approximate surface area is 113 Å². The normalized spacial score (nSPS) is 31.8. The van der Waals surface area contributed by atoms with Crippen molar-refractivity contribution in [2.45, 2.75) is 32.2 Å². The summed E-state index contributed by atoms with van der Waals surface area (Å²) >= 11 is 0. The van der Waals surface area contributed by atoms with Crippen molar-refractivity contribution in [3.63, 3.8) is 0 Å². The van der Waals surface area contributed by atoms with Crippen LogP contribution in [0, 0.1) is 11.8 Å². The maximum absolute atomic E-state index is 12.1. The molecule has 2 N–H and O–H groups in total. The molecule has 0 bridgehead atoms. The Hall–Kier alpha value is -1.30. The number of rotatable bonds is 2. The molecule has 6 heteroatoms. The molecule has 0 radical (unpaired) electrons. The molecule has 0 aromatic heterocycles. The van der Waals surface area contributed by atoms with E-state index in [-0.39, 0.29) is 18.0 Å². The molecule has 6 nitrogen and oxygen atoms in total. The first-order chi connectivity index (χ1) is 9.06. The highest BCUT2D eigenvalue weighted by atomic mass is 16.5. The van der Waals surface area contributed by atoms with Gasteiger partial charge in [0.05, 0.1) is 18.6 Å². The van der Waals surface area contributed by atoms with E-state index in [0.717, 1.165) is 19.4 Å². The summed E-state index contributed by atoms with van der Waals surface area (Å²) in [4.78, 5) is 24.9. The van der Waals surface area contributed by atoms with Crippen LogP contribution in [0.25, 0.3) is 0 Å². The van der Waals surface area contributed by atoms with Crippen molar-refractivity contribution in [1.82, 2.24) is 10.2 Å². The molecular formula is C13H22N2O4. The highest BCUT2D eigenvalue weighted by Gasteiger charge is 2.32. The van der Waals surface area contributed by atoms with E-state index in [1.807, 2.05) is 6.92 Å². The molecule has 2 rings (SSSR count). The zero-order chi connectivity index (χ0) is 13.8. The number of amides is 2. The lowest BCUT2D eigenvalue weighted by Gasteiger charge is -2.36. The highest BCUT2D eigenvalue weighted by molar-refractivity contribution is 5.76. The minimum atomic E-state index is -0.814. The lowest BCUT2D eigenvalue weighted by Crippen LogP contribution is -2.53. The van der Waals surface area contributed by atoms with Gasteiger partial charge >= 0.3 is 12.0 Å². The smallest absolute Gasteiger partial charge is 0.317 e. The standard InChI is InChI=1S/C13H22N2O4/c1-9-5-10(12(16)17)7-15(6-9)13(18)14-11-3-2-4-19-8-11/h9-11H,2-8H2,1H3,(H,14,18)(H,16,17)/t9?,10?,11-/m1/s1. The molecule has 2 amide bonds. The highest BCUT2D eigenvalue weighted by Crippen LogP contribution is 2.22. The van der Waals surface area contributed by atoms with Gasteiger partial charge in [-0.2, -0.15) is 0 Å². The zero-order valence-electron chi connectivity index (χ0n) is 11.3. The Morgan fingerprint density at radius 1 is 1.37 bits per heavy atom. The molecule has 2 heterocycles. The second-order valence-electron chi connectivity index (χ2n) is 5.64. The van der Waals surface area contributed by atoms with E-state index in [9.17, 15) is 9.59 Å². The van der Waals surface area contributed by atoms with Crippen molar-refractivity contribution in [2.75, 3.05) is 26.3 Å². The zero-order valence-corrected chi connectivity index (χ0v) is 11.3. The molecule has 2 unspecified atom stereocenters. The molecule has 0 saturated carbocycles. The van der Waals surface area contributed by atoms with Gasteiger partial charge in [0, 0.05) is 19.7 Å². The van der Waals surface area contributed by atoms with Crippen LogP contribution < -0.4 is 5.32 Å². The van der Waals surface area contributed by atoms with Gasteiger partial charge in [0.25, 0.3) is 0 Å². The minimum Gasteiger partial charge on any atom is -0.481 e. The van der Waals surface area contributed by atoms with Crippen LogP contribution >= 0.6 is 0 Å². The number of carboxylic acids is 1. The number of nitrogens with zero attached hydrogens (tertiary/aromatic N) is 1. The fourth-order valence-corrected chi connectivity index (χ4v) is 2.82. The first kappa shape index (κ1) is 14.1. The Kier molecular flexibility index (Phi) is 4.63. The van der Waals surface area contributed by atoms with Crippen LogP contribution in [-0.4, -0.2) is 54.4 Å². The monoisotopic (exact) mass is 270 g/mol. The Balaban J connectivity index is 1.88. The van der Waals surface area contributed by atoms with Gasteiger partial charge in [-0.1, -0.05) is 6.92 Å². The molecule has 2 aliphatic rings. The average molecular weight is 270 g/mol. The third kappa shape index (κ3) is 3.83. The number of carbonyl (C=O) groups excluding carboxylic acids is 1. The van der Waals surface area contributed by atoms with Crippen LogP contribution in [0.1, 0.15) is 26.2 Å². The summed E-state index contributed by atoms with van der Waals surface area (Å²) in [5, 5.41) is 12.0. The summed E-state index contributed by atoms with van der Waals surface area (Å²) < 4.78 is 5.32. The molecule has 0 aromatic rings. The van der Waals surface area contributed by atoms with Crippen LogP contribution in [0.2, 0.25) is 0 Å². The predicted molar refractivity (Wildman–Crippen MR) is 68.9 cm³/mol. The van der Waals surface area contributed by atoms with Crippen LogP contribution in [-0.2, 0) is 9.53 Å².